The molecule has 0 fully saturated rings. The minimum absolute atomic E-state index is 0.626. The topological polar surface area (TPSA) is 55.5 Å². The van der Waals surface area contributed by atoms with Crippen LogP contribution in [-0.2, 0) is 6.42 Å². The molecule has 3 heteroatoms. The van der Waals surface area contributed by atoms with Gasteiger partial charge >= 0.3 is 0 Å². The third-order valence-electron chi connectivity index (χ3n) is 2.15. The van der Waals surface area contributed by atoms with E-state index < -0.39 is 5.60 Å². The zero-order valence-electron chi connectivity index (χ0n) is 10.1. The number of nitrogens with two attached hydrogens (primary N) is 1. The molecule has 0 aromatic heterocycles. The summed E-state index contributed by atoms with van der Waals surface area (Å²) >= 11 is 0. The van der Waals surface area contributed by atoms with Crippen LogP contribution in [0.3, 0.4) is 0 Å². The van der Waals surface area contributed by atoms with E-state index in [-0.39, 0.29) is 0 Å². The van der Waals surface area contributed by atoms with Crippen LogP contribution in [-0.4, -0.2) is 23.9 Å². The molecule has 0 unspecified atom stereocenters. The first kappa shape index (κ1) is 13.0. The summed E-state index contributed by atoms with van der Waals surface area (Å²) in [5.41, 5.74) is 5.79. The van der Waals surface area contributed by atoms with Crippen LogP contribution in [0.25, 0.3) is 0 Å². The van der Waals surface area contributed by atoms with E-state index in [1.807, 2.05) is 24.3 Å². The predicted octanol–water partition coefficient (Wildman–Crippen LogP) is 1.73. The molecular formula is C13H21NO2. The zero-order valence-corrected chi connectivity index (χ0v) is 10.1. The highest BCUT2D eigenvalue weighted by Gasteiger charge is 2.13. The molecule has 0 saturated heterocycles. The fraction of sp³-hybridized carbons (Fsp3) is 0.538. The highest BCUT2D eigenvalue weighted by molar-refractivity contribution is 5.29. The normalized spacial score (nSPS) is 11.5. The fourth-order valence-electron chi connectivity index (χ4n) is 1.52. The Balaban J connectivity index is 2.57. The van der Waals surface area contributed by atoms with Crippen molar-refractivity contribution in [2.24, 2.45) is 5.73 Å². The molecule has 0 radical (unpaired) electrons. The van der Waals surface area contributed by atoms with Crippen molar-refractivity contribution in [1.29, 1.82) is 0 Å². The van der Waals surface area contributed by atoms with Gasteiger partial charge in [-0.15, -0.1) is 0 Å². The quantitative estimate of drug-likeness (QED) is 0.722. The van der Waals surface area contributed by atoms with Gasteiger partial charge in [-0.05, 0) is 44.5 Å². The smallest absolute Gasteiger partial charge is 0.119 e. The van der Waals surface area contributed by atoms with Crippen molar-refractivity contribution in [1.82, 2.24) is 0 Å². The molecule has 3 N–H and O–H groups in total. The second-order valence-corrected chi connectivity index (χ2v) is 4.63. The van der Waals surface area contributed by atoms with Crippen molar-refractivity contribution in [3.05, 3.63) is 29.8 Å². The van der Waals surface area contributed by atoms with Gasteiger partial charge in [-0.1, -0.05) is 12.1 Å². The van der Waals surface area contributed by atoms with Crippen molar-refractivity contribution in [3.63, 3.8) is 0 Å². The van der Waals surface area contributed by atoms with Crippen LogP contribution in [0.5, 0.6) is 5.75 Å². The number of hydrogen-bond acceptors (Lipinski definition) is 3. The number of ether oxygens (including phenoxy) is 1. The second kappa shape index (κ2) is 5.87. The maximum atomic E-state index is 9.72. The first-order valence-corrected chi connectivity index (χ1v) is 5.65. The predicted molar refractivity (Wildman–Crippen MR) is 65.6 cm³/mol. The lowest BCUT2D eigenvalue weighted by Crippen LogP contribution is -2.21. The molecule has 0 heterocycles. The van der Waals surface area contributed by atoms with Crippen LogP contribution in [0.2, 0.25) is 0 Å². The van der Waals surface area contributed by atoms with Crippen LogP contribution < -0.4 is 10.5 Å². The van der Waals surface area contributed by atoms with Crippen molar-refractivity contribution in [3.8, 4) is 5.75 Å². The van der Waals surface area contributed by atoms with Crippen molar-refractivity contribution >= 4 is 0 Å². The molecule has 1 rings (SSSR count). The van der Waals surface area contributed by atoms with Gasteiger partial charge in [-0.3, -0.25) is 0 Å². The Labute approximate surface area is 97.2 Å². The van der Waals surface area contributed by atoms with Gasteiger partial charge in [0.2, 0.25) is 0 Å². The summed E-state index contributed by atoms with van der Waals surface area (Å²) in [7, 11) is 0. The van der Waals surface area contributed by atoms with E-state index in [9.17, 15) is 5.11 Å². The van der Waals surface area contributed by atoms with Gasteiger partial charge in [0.1, 0.15) is 5.75 Å². The molecule has 0 amide bonds. The van der Waals surface area contributed by atoms with Crippen molar-refractivity contribution in [2.45, 2.75) is 32.3 Å². The maximum Gasteiger partial charge on any atom is 0.119 e. The molecule has 0 atom stereocenters. The van der Waals surface area contributed by atoms with Gasteiger partial charge in [0.15, 0.2) is 0 Å². The molecule has 90 valence electrons. The summed E-state index contributed by atoms with van der Waals surface area (Å²) < 4.78 is 5.54. The average Bonchev–Trinajstić information content (AvgIpc) is 2.16. The molecule has 0 bridgehead atoms. The largest absolute Gasteiger partial charge is 0.494 e. The molecule has 0 aliphatic carbocycles. The molecule has 0 aliphatic heterocycles. The van der Waals surface area contributed by atoms with Gasteiger partial charge in [0, 0.05) is 6.42 Å². The lowest BCUT2D eigenvalue weighted by molar-refractivity contribution is 0.0809. The minimum Gasteiger partial charge on any atom is -0.494 e. The van der Waals surface area contributed by atoms with E-state index in [0.29, 0.717) is 19.6 Å². The van der Waals surface area contributed by atoms with Crippen LogP contribution in [0.15, 0.2) is 24.3 Å². The number of hydrogen-bond donors (Lipinski definition) is 2. The van der Waals surface area contributed by atoms with Crippen molar-refractivity contribution in [2.75, 3.05) is 13.2 Å². The lowest BCUT2D eigenvalue weighted by atomic mass is 9.99. The maximum absolute atomic E-state index is 9.72. The highest BCUT2D eigenvalue weighted by atomic mass is 16.5. The summed E-state index contributed by atoms with van der Waals surface area (Å²) in [5, 5.41) is 9.72. The molecule has 0 saturated carbocycles. The first-order chi connectivity index (χ1) is 7.51. The zero-order chi connectivity index (χ0) is 12.0. The monoisotopic (exact) mass is 223 g/mol. The van der Waals surface area contributed by atoms with E-state index in [2.05, 4.69) is 0 Å². The molecule has 1 aromatic carbocycles. The molecule has 0 aliphatic rings. The first-order valence-electron chi connectivity index (χ1n) is 5.65. The van der Waals surface area contributed by atoms with E-state index in [1.54, 1.807) is 13.8 Å². The molecule has 16 heavy (non-hydrogen) atoms. The number of benzene rings is 1. The fourth-order valence-corrected chi connectivity index (χ4v) is 1.52. The van der Waals surface area contributed by atoms with Gasteiger partial charge in [-0.25, -0.2) is 0 Å². The van der Waals surface area contributed by atoms with E-state index in [1.165, 1.54) is 0 Å². The third kappa shape index (κ3) is 5.14. The summed E-state index contributed by atoms with van der Waals surface area (Å²) in [6, 6.07) is 7.82. The second-order valence-electron chi connectivity index (χ2n) is 4.63. The number of aliphatic hydroxyl groups is 1. The van der Waals surface area contributed by atoms with Crippen molar-refractivity contribution < 1.29 is 9.84 Å². The van der Waals surface area contributed by atoms with E-state index >= 15 is 0 Å². The van der Waals surface area contributed by atoms with Crippen LogP contribution in [0.1, 0.15) is 25.8 Å². The van der Waals surface area contributed by atoms with Gasteiger partial charge in [-0.2, -0.15) is 0 Å². The molecule has 0 spiro atoms. The van der Waals surface area contributed by atoms with Crippen LogP contribution >= 0.6 is 0 Å². The molecule has 1 aromatic rings. The molecular weight excluding hydrogens is 202 g/mol. The summed E-state index contributed by atoms with van der Waals surface area (Å²) in [6.45, 7) is 4.88. The number of rotatable bonds is 6. The Morgan fingerprint density at radius 3 is 2.75 bits per heavy atom. The standard InChI is InChI=1S/C13H21NO2/c1-13(2,15)10-11-5-3-6-12(9-11)16-8-4-7-14/h3,5-6,9,15H,4,7-8,10,14H2,1-2H3. The lowest BCUT2D eigenvalue weighted by Gasteiger charge is -2.17. The van der Waals surface area contributed by atoms with Gasteiger partial charge in [0.25, 0.3) is 0 Å². The van der Waals surface area contributed by atoms with Crippen LogP contribution in [0.4, 0.5) is 0 Å². The Hall–Kier alpha value is -1.06. The Kier molecular flexibility index (Phi) is 4.77. The minimum atomic E-state index is -0.685. The molecule has 3 nitrogen and oxygen atoms in total. The SMILES string of the molecule is CC(C)(O)Cc1cccc(OCCCN)c1. The summed E-state index contributed by atoms with van der Waals surface area (Å²) in [6.07, 6.45) is 1.48. The van der Waals surface area contributed by atoms with E-state index in [4.69, 9.17) is 10.5 Å². The Morgan fingerprint density at radius 2 is 2.12 bits per heavy atom. The summed E-state index contributed by atoms with van der Waals surface area (Å²) in [5.74, 6) is 0.843. The van der Waals surface area contributed by atoms with Crippen LogP contribution in [0, 0.1) is 0 Å². The Morgan fingerprint density at radius 1 is 1.38 bits per heavy atom. The van der Waals surface area contributed by atoms with Gasteiger partial charge in [0.05, 0.1) is 12.2 Å². The van der Waals surface area contributed by atoms with Gasteiger partial charge < -0.3 is 15.6 Å². The average molecular weight is 223 g/mol. The third-order valence-corrected chi connectivity index (χ3v) is 2.15. The Bertz CT molecular complexity index is 318. The summed E-state index contributed by atoms with van der Waals surface area (Å²) in [4.78, 5) is 0. The highest BCUT2D eigenvalue weighted by Crippen LogP contribution is 2.18. The van der Waals surface area contributed by atoms with E-state index in [0.717, 1.165) is 17.7 Å².